The number of rotatable bonds is 7. The Morgan fingerprint density at radius 3 is 2.60 bits per heavy atom. The van der Waals surface area contributed by atoms with Crippen molar-refractivity contribution < 1.29 is 14.3 Å². The van der Waals surface area contributed by atoms with Crippen LogP contribution in [0.3, 0.4) is 0 Å². The largest absolute Gasteiger partial charge is 0.457 e. The molecule has 2 amide bonds. The number of fused-ring (bicyclic) bond motifs is 2. The third-order valence-electron chi connectivity index (χ3n) is 6.92. The number of likely N-dealkylation sites (tertiary alicyclic amines) is 1. The lowest BCUT2D eigenvalue weighted by Gasteiger charge is -2.32. The lowest BCUT2D eigenvalue weighted by atomic mass is 10.0. The number of aryl methyl sites for hydroxylation is 1. The standard InChI is InChI=1S/C28H27N9O3/c1-3-25(38)33-19-6-10-35(11-7-19)28(39)22-9-13-37-26(22)27(30-17-32-37)34-20-4-5-23(18(2)14-20)40-21-8-12-36-24(15-21)29-16-31-36/h3-5,8-9,12-17,19H,1,6-7,10-11H2,2H3,(H,33,38)(H,30,32,34). The Labute approximate surface area is 229 Å². The molecule has 0 radical (unpaired) electrons. The van der Waals surface area contributed by atoms with E-state index >= 15 is 0 Å². The summed E-state index contributed by atoms with van der Waals surface area (Å²) >= 11 is 0. The van der Waals surface area contributed by atoms with Crippen molar-refractivity contribution in [3.63, 3.8) is 0 Å². The highest BCUT2D eigenvalue weighted by molar-refractivity contribution is 6.04. The SMILES string of the molecule is C=CC(=O)NC1CCN(C(=O)c2ccn3ncnc(Nc4ccc(Oc5ccn6ncnc6c5)c(C)c4)c23)CC1. The van der Waals surface area contributed by atoms with Crippen molar-refractivity contribution in [3.05, 3.63) is 85.2 Å². The van der Waals surface area contributed by atoms with Crippen LogP contribution in [0.1, 0.15) is 28.8 Å². The Morgan fingerprint density at radius 1 is 1.02 bits per heavy atom. The number of piperidine rings is 1. The molecule has 40 heavy (non-hydrogen) atoms. The molecule has 0 bridgehead atoms. The van der Waals surface area contributed by atoms with Crippen molar-refractivity contribution in [2.45, 2.75) is 25.8 Å². The predicted molar refractivity (Wildman–Crippen MR) is 148 cm³/mol. The smallest absolute Gasteiger partial charge is 0.256 e. The van der Waals surface area contributed by atoms with E-state index < -0.39 is 0 Å². The monoisotopic (exact) mass is 537 g/mol. The number of nitrogens with zero attached hydrogens (tertiary/aromatic N) is 7. The van der Waals surface area contributed by atoms with Crippen LogP contribution in [0.2, 0.25) is 0 Å². The number of nitrogens with one attached hydrogen (secondary N) is 2. The molecule has 0 spiro atoms. The normalized spacial score (nSPS) is 13.9. The van der Waals surface area contributed by atoms with E-state index in [1.165, 1.54) is 18.7 Å². The zero-order valence-electron chi connectivity index (χ0n) is 21.8. The number of aromatic nitrogens is 6. The van der Waals surface area contributed by atoms with Crippen LogP contribution in [-0.2, 0) is 4.79 Å². The van der Waals surface area contributed by atoms with Gasteiger partial charge < -0.3 is 20.3 Å². The lowest BCUT2D eigenvalue weighted by molar-refractivity contribution is -0.117. The van der Waals surface area contributed by atoms with Crippen LogP contribution in [0.4, 0.5) is 11.5 Å². The van der Waals surface area contributed by atoms with Gasteiger partial charge in [0.15, 0.2) is 11.5 Å². The van der Waals surface area contributed by atoms with Crippen molar-refractivity contribution in [1.82, 2.24) is 39.4 Å². The second-order valence-corrected chi connectivity index (χ2v) is 9.54. The molecule has 1 aliphatic rings. The van der Waals surface area contributed by atoms with E-state index in [9.17, 15) is 9.59 Å². The average Bonchev–Trinajstić information content (AvgIpc) is 3.62. The number of pyridine rings is 1. The number of hydrogen-bond acceptors (Lipinski definition) is 8. The molecule has 5 aromatic rings. The van der Waals surface area contributed by atoms with E-state index in [-0.39, 0.29) is 17.9 Å². The summed E-state index contributed by atoms with van der Waals surface area (Å²) in [6.45, 7) is 6.54. The first-order valence-corrected chi connectivity index (χ1v) is 12.9. The highest BCUT2D eigenvalue weighted by Crippen LogP contribution is 2.30. The Kier molecular flexibility index (Phi) is 6.56. The summed E-state index contributed by atoms with van der Waals surface area (Å²) in [5, 5.41) is 14.6. The topological polar surface area (TPSA) is 131 Å². The van der Waals surface area contributed by atoms with Crippen molar-refractivity contribution in [3.8, 4) is 11.5 Å². The molecule has 202 valence electrons. The summed E-state index contributed by atoms with van der Waals surface area (Å²) in [6.07, 6.45) is 9.11. The Bertz CT molecular complexity index is 1730. The zero-order valence-corrected chi connectivity index (χ0v) is 21.8. The first kappa shape index (κ1) is 25.0. The fraction of sp³-hybridized carbons (Fsp3) is 0.214. The Hall–Kier alpha value is -5.26. The maximum Gasteiger partial charge on any atom is 0.256 e. The van der Waals surface area contributed by atoms with Crippen LogP contribution in [-0.4, -0.2) is 65.0 Å². The van der Waals surface area contributed by atoms with Crippen LogP contribution in [0.25, 0.3) is 11.2 Å². The summed E-state index contributed by atoms with van der Waals surface area (Å²) in [6, 6.07) is 11.2. The number of benzene rings is 1. The second-order valence-electron chi connectivity index (χ2n) is 9.54. The van der Waals surface area contributed by atoms with E-state index in [0.717, 1.165) is 11.3 Å². The van der Waals surface area contributed by atoms with Crippen LogP contribution >= 0.6 is 0 Å². The number of carbonyl (C=O) groups is 2. The zero-order chi connectivity index (χ0) is 27.6. The maximum absolute atomic E-state index is 13.5. The summed E-state index contributed by atoms with van der Waals surface area (Å²) in [5.41, 5.74) is 3.50. The van der Waals surface area contributed by atoms with Gasteiger partial charge in [0.25, 0.3) is 5.91 Å². The molecule has 1 fully saturated rings. The molecule has 6 rings (SSSR count). The lowest BCUT2D eigenvalue weighted by Crippen LogP contribution is -2.46. The summed E-state index contributed by atoms with van der Waals surface area (Å²) < 4.78 is 9.40. The van der Waals surface area contributed by atoms with E-state index in [1.807, 2.05) is 37.3 Å². The van der Waals surface area contributed by atoms with Gasteiger partial charge >= 0.3 is 0 Å². The van der Waals surface area contributed by atoms with Gasteiger partial charge in [-0.3, -0.25) is 9.59 Å². The van der Waals surface area contributed by atoms with Gasteiger partial charge in [-0.2, -0.15) is 10.2 Å². The third-order valence-corrected chi connectivity index (χ3v) is 6.92. The van der Waals surface area contributed by atoms with Crippen molar-refractivity contribution >= 4 is 34.5 Å². The van der Waals surface area contributed by atoms with Crippen LogP contribution < -0.4 is 15.4 Å². The van der Waals surface area contributed by atoms with Gasteiger partial charge in [-0.25, -0.2) is 19.0 Å². The quantitative estimate of drug-likeness (QED) is 0.302. The molecule has 4 aromatic heterocycles. The Morgan fingerprint density at radius 2 is 1.80 bits per heavy atom. The third kappa shape index (κ3) is 4.94. The molecule has 2 N–H and O–H groups in total. The average molecular weight is 538 g/mol. The van der Waals surface area contributed by atoms with Crippen LogP contribution in [0.5, 0.6) is 11.5 Å². The van der Waals surface area contributed by atoms with E-state index in [2.05, 4.69) is 37.4 Å². The maximum atomic E-state index is 13.5. The second kappa shape index (κ2) is 10.5. The van der Waals surface area contributed by atoms with Crippen LogP contribution in [0, 0.1) is 6.92 Å². The number of anilines is 2. The predicted octanol–water partition coefficient (Wildman–Crippen LogP) is 3.52. The van der Waals surface area contributed by atoms with Crippen molar-refractivity contribution in [2.75, 3.05) is 18.4 Å². The van der Waals surface area contributed by atoms with Gasteiger partial charge in [-0.15, -0.1) is 0 Å². The molecule has 1 aromatic carbocycles. The molecule has 0 saturated carbocycles. The number of ether oxygens (including phenoxy) is 1. The van der Waals surface area contributed by atoms with Gasteiger partial charge in [0.2, 0.25) is 5.91 Å². The number of amides is 2. The Balaban J connectivity index is 1.19. The van der Waals surface area contributed by atoms with Crippen molar-refractivity contribution in [2.24, 2.45) is 0 Å². The van der Waals surface area contributed by atoms with Crippen LogP contribution in [0.15, 0.2) is 74.1 Å². The van der Waals surface area contributed by atoms with E-state index in [1.54, 1.807) is 32.4 Å². The molecular formula is C28H27N9O3. The molecule has 12 heteroatoms. The van der Waals surface area contributed by atoms with Crippen molar-refractivity contribution in [1.29, 1.82) is 0 Å². The molecule has 5 heterocycles. The van der Waals surface area contributed by atoms with E-state index in [4.69, 9.17) is 4.74 Å². The molecule has 0 aliphatic carbocycles. The first-order valence-electron chi connectivity index (χ1n) is 12.9. The fourth-order valence-corrected chi connectivity index (χ4v) is 4.84. The highest BCUT2D eigenvalue weighted by atomic mass is 16.5. The minimum atomic E-state index is -0.195. The first-order chi connectivity index (χ1) is 19.5. The van der Waals surface area contributed by atoms with Gasteiger partial charge in [-0.05, 0) is 61.7 Å². The minimum Gasteiger partial charge on any atom is -0.457 e. The number of carbonyl (C=O) groups excluding carboxylic acids is 2. The van der Waals surface area contributed by atoms with Gasteiger partial charge in [0.1, 0.15) is 29.7 Å². The molecule has 0 unspecified atom stereocenters. The molecule has 1 saturated heterocycles. The molecule has 0 atom stereocenters. The molecule has 12 nitrogen and oxygen atoms in total. The minimum absolute atomic E-state index is 0.0293. The van der Waals surface area contributed by atoms with Gasteiger partial charge in [0.05, 0.1) is 5.56 Å². The summed E-state index contributed by atoms with van der Waals surface area (Å²) in [4.78, 5) is 35.6. The summed E-state index contributed by atoms with van der Waals surface area (Å²) in [5.74, 6) is 1.58. The highest BCUT2D eigenvalue weighted by Gasteiger charge is 2.27. The van der Waals surface area contributed by atoms with E-state index in [0.29, 0.717) is 60.0 Å². The molecule has 1 aliphatic heterocycles. The molecular weight excluding hydrogens is 510 g/mol. The van der Waals surface area contributed by atoms with Gasteiger partial charge in [-0.1, -0.05) is 6.58 Å². The van der Waals surface area contributed by atoms with Gasteiger partial charge in [0, 0.05) is 43.3 Å². The summed E-state index contributed by atoms with van der Waals surface area (Å²) in [7, 11) is 0. The number of hydrogen-bond donors (Lipinski definition) is 2. The fourth-order valence-electron chi connectivity index (χ4n) is 4.84.